The highest BCUT2D eigenvalue weighted by molar-refractivity contribution is 7.99. The van der Waals surface area contributed by atoms with Gasteiger partial charge in [0.25, 0.3) is 5.56 Å². The fraction of sp³-hybridized carbons (Fsp3) is 0.222. The fourth-order valence-corrected chi connectivity index (χ4v) is 3.38. The molecule has 6 nitrogen and oxygen atoms in total. The number of hydrogen-bond acceptors (Lipinski definition) is 6. The van der Waals surface area contributed by atoms with Crippen LogP contribution in [0.3, 0.4) is 0 Å². The van der Waals surface area contributed by atoms with Gasteiger partial charge in [-0.15, -0.1) is 0 Å². The molecule has 29 heavy (non-hydrogen) atoms. The molecule has 3 rings (SSSR count). The van der Waals surface area contributed by atoms with Gasteiger partial charge in [-0.3, -0.25) is 9.36 Å². The number of ether oxygens (including phenoxy) is 1. The molecule has 0 radical (unpaired) electrons. The van der Waals surface area contributed by atoms with E-state index in [1.165, 1.54) is 46.9 Å². The zero-order chi connectivity index (χ0) is 21.0. The lowest BCUT2D eigenvalue weighted by Gasteiger charge is -2.15. The molecule has 0 amide bonds. The van der Waals surface area contributed by atoms with Crippen molar-refractivity contribution in [2.75, 3.05) is 12.4 Å². The van der Waals surface area contributed by atoms with Crippen molar-refractivity contribution in [2.24, 2.45) is 0 Å². The van der Waals surface area contributed by atoms with Crippen molar-refractivity contribution in [2.45, 2.75) is 18.3 Å². The van der Waals surface area contributed by atoms with E-state index in [1.54, 1.807) is 12.3 Å². The average Bonchev–Trinajstić information content (AvgIpc) is 2.67. The van der Waals surface area contributed by atoms with Crippen LogP contribution >= 0.6 is 23.4 Å². The summed E-state index contributed by atoms with van der Waals surface area (Å²) in [6, 6.07) is 7.06. The molecule has 2 heterocycles. The second-order valence-corrected chi connectivity index (χ2v) is 7.28. The summed E-state index contributed by atoms with van der Waals surface area (Å²) >= 11 is 7.39. The summed E-state index contributed by atoms with van der Waals surface area (Å²) in [6.07, 6.45) is -1.58. The number of nitrogens with zero attached hydrogens (tertiary/aromatic N) is 4. The third-order valence-electron chi connectivity index (χ3n) is 3.57. The molecule has 1 aromatic carbocycles. The average molecular weight is 443 g/mol. The van der Waals surface area contributed by atoms with Crippen molar-refractivity contribution < 1.29 is 17.9 Å². The maximum absolute atomic E-state index is 12.8. The van der Waals surface area contributed by atoms with Crippen molar-refractivity contribution >= 4 is 23.4 Å². The Balaban J connectivity index is 2.01. The lowest BCUT2D eigenvalue weighted by atomic mass is 10.2. The van der Waals surface area contributed by atoms with Gasteiger partial charge in [0, 0.05) is 12.3 Å². The Labute approximate surface area is 172 Å². The van der Waals surface area contributed by atoms with Crippen LogP contribution in [0.1, 0.15) is 6.92 Å². The second-order valence-electron chi connectivity index (χ2n) is 5.64. The predicted molar refractivity (Wildman–Crippen MR) is 104 cm³/mol. The van der Waals surface area contributed by atoms with Crippen LogP contribution in [-0.2, 0) is 0 Å². The molecule has 2 aromatic heterocycles. The maximum Gasteiger partial charge on any atom is 0.422 e. The molecule has 3 aromatic rings. The Kier molecular flexibility index (Phi) is 6.43. The summed E-state index contributed by atoms with van der Waals surface area (Å²) in [4.78, 5) is 25.2. The van der Waals surface area contributed by atoms with Gasteiger partial charge in [0.05, 0.1) is 22.1 Å². The second kappa shape index (κ2) is 8.83. The summed E-state index contributed by atoms with van der Waals surface area (Å²) < 4.78 is 43.1. The SMILES string of the molecule is CCSc1nc(-c2ccncn2)cc(=O)n1-c1ccc(OCC(F)(F)F)c(Cl)c1. The van der Waals surface area contributed by atoms with Gasteiger partial charge in [-0.2, -0.15) is 13.2 Å². The van der Waals surface area contributed by atoms with Crippen LogP contribution in [0.4, 0.5) is 13.2 Å². The van der Waals surface area contributed by atoms with Crippen LogP contribution in [0.25, 0.3) is 17.1 Å². The minimum atomic E-state index is -4.48. The highest BCUT2D eigenvalue weighted by Crippen LogP contribution is 2.30. The lowest BCUT2D eigenvalue weighted by molar-refractivity contribution is -0.153. The molecule has 0 aliphatic heterocycles. The first kappa shape index (κ1) is 21.1. The number of hydrogen-bond donors (Lipinski definition) is 0. The van der Waals surface area contributed by atoms with Crippen LogP contribution in [-0.4, -0.2) is 38.1 Å². The number of thioether (sulfide) groups is 1. The highest BCUT2D eigenvalue weighted by Gasteiger charge is 2.28. The summed E-state index contributed by atoms with van der Waals surface area (Å²) in [5.74, 6) is 0.510. The van der Waals surface area contributed by atoms with Crippen LogP contribution in [0, 0.1) is 0 Å². The third kappa shape index (κ3) is 5.27. The molecule has 0 saturated carbocycles. The highest BCUT2D eigenvalue weighted by atomic mass is 35.5. The minimum absolute atomic E-state index is 0.0500. The number of alkyl halides is 3. The summed E-state index contributed by atoms with van der Waals surface area (Å²) in [7, 11) is 0. The Hall–Kier alpha value is -2.59. The van der Waals surface area contributed by atoms with Gasteiger partial charge in [0.15, 0.2) is 11.8 Å². The molecule has 0 fully saturated rings. The molecule has 0 aliphatic carbocycles. The van der Waals surface area contributed by atoms with E-state index in [2.05, 4.69) is 15.0 Å². The Morgan fingerprint density at radius 2 is 2.00 bits per heavy atom. The molecule has 0 N–H and O–H groups in total. The first-order chi connectivity index (χ1) is 13.8. The quantitative estimate of drug-likeness (QED) is 0.416. The van der Waals surface area contributed by atoms with E-state index in [4.69, 9.17) is 16.3 Å². The summed E-state index contributed by atoms with van der Waals surface area (Å²) in [5, 5.41) is 0.347. The molecular formula is C18H14ClF3N4O2S. The molecule has 11 heteroatoms. The predicted octanol–water partition coefficient (Wildman–Crippen LogP) is 4.40. The van der Waals surface area contributed by atoms with E-state index in [0.29, 0.717) is 28.0 Å². The fourth-order valence-electron chi connectivity index (χ4n) is 2.40. The van der Waals surface area contributed by atoms with Gasteiger partial charge in [0.2, 0.25) is 0 Å². The van der Waals surface area contributed by atoms with E-state index in [9.17, 15) is 18.0 Å². The molecule has 0 unspecified atom stereocenters. The van der Waals surface area contributed by atoms with Crippen LogP contribution in [0.15, 0.2) is 52.8 Å². The zero-order valence-corrected chi connectivity index (χ0v) is 16.6. The van der Waals surface area contributed by atoms with E-state index in [-0.39, 0.29) is 16.3 Å². The van der Waals surface area contributed by atoms with Gasteiger partial charge in [0.1, 0.15) is 12.1 Å². The molecule has 0 aliphatic rings. The van der Waals surface area contributed by atoms with Gasteiger partial charge in [-0.1, -0.05) is 30.3 Å². The van der Waals surface area contributed by atoms with Crippen molar-refractivity contribution in [3.05, 3.63) is 58.2 Å². The number of rotatable bonds is 6. The van der Waals surface area contributed by atoms with Crippen LogP contribution in [0.5, 0.6) is 5.75 Å². The molecular weight excluding hydrogens is 429 g/mol. The van der Waals surface area contributed by atoms with E-state index in [1.807, 2.05) is 6.92 Å². The molecule has 0 spiro atoms. The van der Waals surface area contributed by atoms with Gasteiger partial charge < -0.3 is 4.74 Å². The molecule has 0 atom stereocenters. The maximum atomic E-state index is 12.8. The molecule has 0 bridgehead atoms. The van der Waals surface area contributed by atoms with Crippen molar-refractivity contribution in [1.29, 1.82) is 0 Å². The Bertz CT molecular complexity index is 1060. The molecule has 152 valence electrons. The van der Waals surface area contributed by atoms with Gasteiger partial charge in [-0.05, 0) is 30.0 Å². The Morgan fingerprint density at radius 1 is 1.21 bits per heavy atom. The van der Waals surface area contributed by atoms with Gasteiger partial charge in [-0.25, -0.2) is 15.0 Å². The zero-order valence-electron chi connectivity index (χ0n) is 15.0. The Morgan fingerprint density at radius 3 is 2.62 bits per heavy atom. The number of halogens is 4. The monoisotopic (exact) mass is 442 g/mol. The van der Waals surface area contributed by atoms with Crippen LogP contribution < -0.4 is 10.3 Å². The van der Waals surface area contributed by atoms with Crippen molar-refractivity contribution in [1.82, 2.24) is 19.5 Å². The molecule has 0 saturated heterocycles. The first-order valence-corrected chi connectivity index (χ1v) is 9.67. The van der Waals surface area contributed by atoms with Crippen molar-refractivity contribution in [3.8, 4) is 22.8 Å². The smallest absolute Gasteiger partial charge is 0.422 e. The number of benzene rings is 1. The van der Waals surface area contributed by atoms with E-state index < -0.39 is 12.8 Å². The van der Waals surface area contributed by atoms with E-state index in [0.717, 1.165) is 0 Å². The van der Waals surface area contributed by atoms with Gasteiger partial charge >= 0.3 is 6.18 Å². The largest absolute Gasteiger partial charge is 0.483 e. The lowest BCUT2D eigenvalue weighted by Crippen LogP contribution is -2.21. The normalized spacial score (nSPS) is 11.5. The minimum Gasteiger partial charge on any atom is -0.483 e. The van der Waals surface area contributed by atoms with Crippen molar-refractivity contribution in [3.63, 3.8) is 0 Å². The van der Waals surface area contributed by atoms with E-state index >= 15 is 0 Å². The topological polar surface area (TPSA) is 69.9 Å². The first-order valence-electron chi connectivity index (χ1n) is 8.31. The summed E-state index contributed by atoms with van der Waals surface area (Å²) in [5.41, 5.74) is 0.860. The summed E-state index contributed by atoms with van der Waals surface area (Å²) in [6.45, 7) is 0.442. The number of aromatic nitrogens is 4. The van der Waals surface area contributed by atoms with Crippen LogP contribution in [0.2, 0.25) is 5.02 Å². The third-order valence-corrected chi connectivity index (χ3v) is 4.69. The standard InChI is InChI=1S/C18H14ClF3N4O2S/c1-2-29-17-25-14(13-5-6-23-10-24-13)8-16(27)26(17)11-3-4-15(12(19)7-11)28-9-18(20,21)22/h3-8,10H,2,9H2,1H3.